The Morgan fingerprint density at radius 2 is 1.62 bits per heavy atom. The summed E-state index contributed by atoms with van der Waals surface area (Å²) in [6.45, 7) is 5.02. The Morgan fingerprint density at radius 3 is 2.29 bits per heavy atom. The zero-order chi connectivity index (χ0) is 15.2. The van der Waals surface area contributed by atoms with Crippen molar-refractivity contribution in [2.45, 2.75) is 18.7 Å². The lowest BCUT2D eigenvalue weighted by Gasteiger charge is -2.15. The van der Waals surface area contributed by atoms with Crippen LogP contribution in [0, 0.1) is 5.82 Å². The summed E-state index contributed by atoms with van der Waals surface area (Å²) < 4.78 is 24.5. The number of halogens is 2. The molecule has 2 aromatic carbocycles. The lowest BCUT2D eigenvalue weighted by molar-refractivity contribution is 0.287. The molecule has 0 N–H and O–H groups in total. The molecule has 0 radical (unpaired) electrons. The van der Waals surface area contributed by atoms with Crippen molar-refractivity contribution in [1.29, 1.82) is 0 Å². The van der Waals surface area contributed by atoms with Crippen molar-refractivity contribution in [2.24, 2.45) is 0 Å². The highest BCUT2D eigenvalue weighted by Gasteiger charge is 2.14. The quantitative estimate of drug-likeness (QED) is 0.672. The van der Waals surface area contributed by atoms with Crippen LogP contribution in [0.1, 0.15) is 29.8 Å². The molecule has 112 valence electrons. The Kier molecular flexibility index (Phi) is 5.62. The first-order valence-corrected chi connectivity index (χ1v) is 7.86. The zero-order valence-electron chi connectivity index (χ0n) is 12.1. The summed E-state index contributed by atoms with van der Waals surface area (Å²) in [7, 11) is 0. The van der Waals surface area contributed by atoms with Gasteiger partial charge in [-0.2, -0.15) is 0 Å². The zero-order valence-corrected chi connectivity index (χ0v) is 13.7. The van der Waals surface area contributed by atoms with Crippen molar-refractivity contribution in [3.8, 4) is 11.5 Å². The van der Waals surface area contributed by atoms with Gasteiger partial charge in [-0.1, -0.05) is 34.1 Å². The van der Waals surface area contributed by atoms with Gasteiger partial charge in [0.1, 0.15) is 5.82 Å². The van der Waals surface area contributed by atoms with Gasteiger partial charge in [0.15, 0.2) is 11.5 Å². The van der Waals surface area contributed by atoms with E-state index in [0.717, 1.165) is 16.9 Å². The maximum Gasteiger partial charge on any atom is 0.161 e. The minimum absolute atomic E-state index is 0.0944. The van der Waals surface area contributed by atoms with E-state index in [1.807, 2.05) is 38.1 Å². The number of ether oxygens (including phenoxy) is 2. The molecule has 0 amide bonds. The molecule has 0 saturated carbocycles. The molecule has 2 rings (SSSR count). The van der Waals surface area contributed by atoms with Crippen LogP contribution in [-0.4, -0.2) is 13.2 Å². The van der Waals surface area contributed by atoms with Crippen LogP contribution in [0.15, 0.2) is 42.5 Å². The number of hydrogen-bond donors (Lipinski definition) is 0. The van der Waals surface area contributed by atoms with Gasteiger partial charge in [-0.25, -0.2) is 4.39 Å². The highest BCUT2D eigenvalue weighted by molar-refractivity contribution is 9.09. The third kappa shape index (κ3) is 3.97. The summed E-state index contributed by atoms with van der Waals surface area (Å²) in [5.41, 5.74) is 1.86. The molecule has 4 heteroatoms. The van der Waals surface area contributed by atoms with Crippen molar-refractivity contribution in [1.82, 2.24) is 0 Å². The van der Waals surface area contributed by atoms with Gasteiger partial charge >= 0.3 is 0 Å². The fourth-order valence-electron chi connectivity index (χ4n) is 2.08. The Hall–Kier alpha value is -1.55. The Labute approximate surface area is 133 Å². The second-order valence-electron chi connectivity index (χ2n) is 4.49. The normalized spacial score (nSPS) is 12.0. The molecule has 0 bridgehead atoms. The standard InChI is InChI=1S/C17H18BrFO2/c1-3-20-15-9-8-13(11-16(15)21-4-2)17(18)12-6-5-7-14(19)10-12/h5-11,17H,3-4H2,1-2H3. The summed E-state index contributed by atoms with van der Waals surface area (Å²) in [4.78, 5) is -0.0944. The molecule has 0 aromatic heterocycles. The molecular formula is C17H18BrFO2. The van der Waals surface area contributed by atoms with Crippen LogP contribution >= 0.6 is 15.9 Å². The first-order chi connectivity index (χ1) is 10.2. The first-order valence-electron chi connectivity index (χ1n) is 6.94. The predicted molar refractivity (Wildman–Crippen MR) is 86.0 cm³/mol. The molecule has 1 atom stereocenters. The Bertz CT molecular complexity index is 601. The van der Waals surface area contributed by atoms with Crippen LogP contribution in [0.3, 0.4) is 0 Å². The molecule has 0 spiro atoms. The van der Waals surface area contributed by atoms with E-state index in [9.17, 15) is 4.39 Å². The van der Waals surface area contributed by atoms with Crippen LogP contribution in [0.4, 0.5) is 4.39 Å². The molecule has 0 heterocycles. The maximum absolute atomic E-state index is 13.3. The molecule has 2 aromatic rings. The van der Waals surface area contributed by atoms with Crippen molar-refractivity contribution in [3.63, 3.8) is 0 Å². The fraction of sp³-hybridized carbons (Fsp3) is 0.294. The number of alkyl halides is 1. The molecular weight excluding hydrogens is 335 g/mol. The first kappa shape index (κ1) is 15.8. The van der Waals surface area contributed by atoms with E-state index < -0.39 is 0 Å². The topological polar surface area (TPSA) is 18.5 Å². The number of rotatable bonds is 6. The third-order valence-corrected chi connectivity index (χ3v) is 4.06. The van der Waals surface area contributed by atoms with E-state index in [1.165, 1.54) is 12.1 Å². The molecule has 0 saturated heterocycles. The molecule has 1 unspecified atom stereocenters. The highest BCUT2D eigenvalue weighted by atomic mass is 79.9. The Balaban J connectivity index is 2.32. The van der Waals surface area contributed by atoms with Crippen molar-refractivity contribution >= 4 is 15.9 Å². The SMILES string of the molecule is CCOc1ccc(C(Br)c2cccc(F)c2)cc1OCC. The summed E-state index contributed by atoms with van der Waals surface area (Å²) in [5.74, 6) is 1.19. The summed E-state index contributed by atoms with van der Waals surface area (Å²) in [6, 6.07) is 12.3. The molecule has 21 heavy (non-hydrogen) atoms. The van der Waals surface area contributed by atoms with Gasteiger partial charge < -0.3 is 9.47 Å². The van der Waals surface area contributed by atoms with Crippen molar-refractivity contribution in [2.75, 3.05) is 13.2 Å². The molecule has 0 aliphatic carbocycles. The van der Waals surface area contributed by atoms with Gasteiger partial charge in [-0.3, -0.25) is 0 Å². The van der Waals surface area contributed by atoms with Gasteiger partial charge in [0.25, 0.3) is 0 Å². The van der Waals surface area contributed by atoms with E-state index in [2.05, 4.69) is 15.9 Å². The van der Waals surface area contributed by atoms with E-state index in [4.69, 9.17) is 9.47 Å². The second kappa shape index (κ2) is 7.46. The highest BCUT2D eigenvalue weighted by Crippen LogP contribution is 2.36. The molecule has 0 aliphatic heterocycles. The summed E-state index contributed by atoms with van der Waals surface area (Å²) >= 11 is 3.61. The average molecular weight is 353 g/mol. The summed E-state index contributed by atoms with van der Waals surface area (Å²) in [6.07, 6.45) is 0. The molecule has 2 nitrogen and oxygen atoms in total. The minimum atomic E-state index is -0.243. The monoisotopic (exact) mass is 352 g/mol. The van der Waals surface area contributed by atoms with Gasteiger partial charge in [-0.15, -0.1) is 0 Å². The largest absolute Gasteiger partial charge is 0.490 e. The van der Waals surface area contributed by atoms with Gasteiger partial charge in [-0.05, 0) is 49.2 Å². The van der Waals surface area contributed by atoms with Crippen LogP contribution in [0.2, 0.25) is 0 Å². The van der Waals surface area contributed by atoms with Gasteiger partial charge in [0, 0.05) is 0 Å². The maximum atomic E-state index is 13.3. The van der Waals surface area contributed by atoms with E-state index >= 15 is 0 Å². The van der Waals surface area contributed by atoms with E-state index in [-0.39, 0.29) is 10.6 Å². The van der Waals surface area contributed by atoms with Gasteiger partial charge in [0.2, 0.25) is 0 Å². The van der Waals surface area contributed by atoms with Crippen LogP contribution in [0.25, 0.3) is 0 Å². The fourth-order valence-corrected chi connectivity index (χ4v) is 2.65. The number of benzene rings is 2. The van der Waals surface area contributed by atoms with Crippen LogP contribution < -0.4 is 9.47 Å². The molecule has 0 fully saturated rings. The predicted octanol–water partition coefficient (Wildman–Crippen LogP) is 5.11. The van der Waals surface area contributed by atoms with Gasteiger partial charge in [0.05, 0.1) is 18.0 Å². The minimum Gasteiger partial charge on any atom is -0.490 e. The van der Waals surface area contributed by atoms with Crippen molar-refractivity contribution in [3.05, 3.63) is 59.4 Å². The van der Waals surface area contributed by atoms with E-state index in [1.54, 1.807) is 6.07 Å². The van der Waals surface area contributed by atoms with Crippen molar-refractivity contribution < 1.29 is 13.9 Å². The van der Waals surface area contributed by atoms with E-state index in [0.29, 0.717) is 19.0 Å². The molecule has 0 aliphatic rings. The average Bonchev–Trinajstić information content (AvgIpc) is 2.49. The number of hydrogen-bond acceptors (Lipinski definition) is 2. The third-order valence-electron chi connectivity index (χ3n) is 3.00. The smallest absolute Gasteiger partial charge is 0.161 e. The summed E-state index contributed by atoms with van der Waals surface area (Å²) in [5, 5.41) is 0. The Morgan fingerprint density at radius 1 is 0.952 bits per heavy atom. The van der Waals surface area contributed by atoms with Crippen LogP contribution in [-0.2, 0) is 0 Å². The lowest BCUT2D eigenvalue weighted by atomic mass is 10.0. The second-order valence-corrected chi connectivity index (χ2v) is 5.41. The van der Waals surface area contributed by atoms with Crippen LogP contribution in [0.5, 0.6) is 11.5 Å². The lowest BCUT2D eigenvalue weighted by Crippen LogP contribution is -2.00.